The molecule has 1 aliphatic heterocycles. The van der Waals surface area contributed by atoms with E-state index in [-0.39, 0.29) is 5.91 Å². The maximum atomic E-state index is 12.7. The maximum absolute atomic E-state index is 12.7. The molecule has 4 heterocycles. The normalized spacial score (nSPS) is 15.4. The van der Waals surface area contributed by atoms with Crippen molar-refractivity contribution in [3.63, 3.8) is 0 Å². The number of rotatable bonds is 5. The van der Waals surface area contributed by atoms with Gasteiger partial charge in [-0.05, 0) is 22.0 Å². The second kappa shape index (κ2) is 7.65. The first-order chi connectivity index (χ1) is 13.1. The Morgan fingerprint density at radius 3 is 2.59 bits per heavy atom. The van der Waals surface area contributed by atoms with Crippen LogP contribution in [0.4, 0.5) is 0 Å². The summed E-state index contributed by atoms with van der Waals surface area (Å²) in [4.78, 5) is 16.9. The van der Waals surface area contributed by atoms with Crippen molar-refractivity contribution in [2.45, 2.75) is 13.2 Å². The Hall–Kier alpha value is -2.46. The molecule has 1 fully saturated rings. The van der Waals surface area contributed by atoms with Gasteiger partial charge in [0.2, 0.25) is 0 Å². The fourth-order valence-electron chi connectivity index (χ4n) is 3.20. The van der Waals surface area contributed by atoms with Crippen LogP contribution in [0.25, 0.3) is 0 Å². The number of nitrogens with zero attached hydrogens (tertiary/aromatic N) is 8. The van der Waals surface area contributed by atoms with Crippen LogP contribution in [0.3, 0.4) is 0 Å². The van der Waals surface area contributed by atoms with Gasteiger partial charge in [0, 0.05) is 63.9 Å². The highest BCUT2D eigenvalue weighted by molar-refractivity contribution is 9.10. The zero-order valence-electron chi connectivity index (χ0n) is 15.1. The highest BCUT2D eigenvalue weighted by Gasteiger charge is 2.23. The molecule has 3 aromatic rings. The third kappa shape index (κ3) is 4.28. The SMILES string of the molecule is Cn1cc(CN2CCN(C(=O)c3ccn(Cn4cc(Br)cn4)n3)CC2)cn1. The van der Waals surface area contributed by atoms with Gasteiger partial charge in [-0.3, -0.25) is 19.1 Å². The van der Waals surface area contributed by atoms with Crippen molar-refractivity contribution in [3.8, 4) is 0 Å². The largest absolute Gasteiger partial charge is 0.335 e. The molecule has 0 aromatic carbocycles. The molecule has 0 atom stereocenters. The van der Waals surface area contributed by atoms with Crippen LogP contribution in [-0.4, -0.2) is 71.2 Å². The molecule has 1 amide bonds. The topological polar surface area (TPSA) is 77.0 Å². The van der Waals surface area contributed by atoms with E-state index in [9.17, 15) is 4.79 Å². The summed E-state index contributed by atoms with van der Waals surface area (Å²) in [6.45, 7) is 4.45. The lowest BCUT2D eigenvalue weighted by Crippen LogP contribution is -2.48. The number of carbonyl (C=O) groups excluding carboxylic acids is 1. The van der Waals surface area contributed by atoms with Crippen LogP contribution in [0.1, 0.15) is 16.1 Å². The van der Waals surface area contributed by atoms with Crippen LogP contribution in [-0.2, 0) is 20.3 Å². The molecular formula is C17H21BrN8O. The molecule has 1 saturated heterocycles. The molecule has 27 heavy (non-hydrogen) atoms. The Kier molecular flexibility index (Phi) is 5.08. The van der Waals surface area contributed by atoms with E-state index >= 15 is 0 Å². The smallest absolute Gasteiger partial charge is 0.274 e. The molecule has 0 radical (unpaired) electrons. The summed E-state index contributed by atoms with van der Waals surface area (Å²) in [6.07, 6.45) is 9.32. The fourth-order valence-corrected chi connectivity index (χ4v) is 3.53. The van der Waals surface area contributed by atoms with Crippen LogP contribution >= 0.6 is 15.9 Å². The lowest BCUT2D eigenvalue weighted by molar-refractivity contribution is 0.0621. The molecule has 0 N–H and O–H groups in total. The Bertz CT molecular complexity index is 921. The maximum Gasteiger partial charge on any atom is 0.274 e. The monoisotopic (exact) mass is 432 g/mol. The van der Waals surface area contributed by atoms with E-state index in [2.05, 4.69) is 36.1 Å². The molecule has 0 saturated carbocycles. The van der Waals surface area contributed by atoms with Crippen molar-refractivity contribution in [1.82, 2.24) is 39.1 Å². The van der Waals surface area contributed by atoms with Crippen molar-refractivity contribution >= 4 is 21.8 Å². The van der Waals surface area contributed by atoms with Crippen molar-refractivity contribution in [3.05, 3.63) is 52.8 Å². The highest BCUT2D eigenvalue weighted by atomic mass is 79.9. The minimum atomic E-state index is -0.0172. The fraction of sp³-hybridized carbons (Fsp3) is 0.412. The summed E-state index contributed by atoms with van der Waals surface area (Å²) in [6, 6.07) is 1.77. The first-order valence-corrected chi connectivity index (χ1v) is 9.57. The van der Waals surface area contributed by atoms with Crippen LogP contribution < -0.4 is 0 Å². The first-order valence-electron chi connectivity index (χ1n) is 8.77. The van der Waals surface area contributed by atoms with Gasteiger partial charge in [0.15, 0.2) is 0 Å². The van der Waals surface area contributed by atoms with Gasteiger partial charge in [0.25, 0.3) is 5.91 Å². The van der Waals surface area contributed by atoms with E-state index in [0.29, 0.717) is 25.5 Å². The Balaban J connectivity index is 1.31. The summed E-state index contributed by atoms with van der Waals surface area (Å²) in [7, 11) is 1.92. The first kappa shape index (κ1) is 17.9. The molecule has 4 rings (SSSR count). The zero-order chi connectivity index (χ0) is 18.8. The number of carbonyl (C=O) groups is 1. The lowest BCUT2D eigenvalue weighted by atomic mass is 10.2. The molecule has 0 unspecified atom stereocenters. The number of hydrogen-bond acceptors (Lipinski definition) is 5. The number of amides is 1. The van der Waals surface area contributed by atoms with Gasteiger partial charge in [-0.25, -0.2) is 4.68 Å². The van der Waals surface area contributed by atoms with Crippen LogP contribution in [0.2, 0.25) is 0 Å². The third-order valence-electron chi connectivity index (χ3n) is 4.58. The Morgan fingerprint density at radius 1 is 1.11 bits per heavy atom. The summed E-state index contributed by atoms with van der Waals surface area (Å²) < 4.78 is 6.19. The molecule has 1 aliphatic rings. The van der Waals surface area contributed by atoms with Gasteiger partial charge < -0.3 is 4.90 Å². The second-order valence-corrected chi connectivity index (χ2v) is 7.59. The molecule has 142 valence electrons. The van der Waals surface area contributed by atoms with Crippen LogP contribution in [0.15, 0.2) is 41.5 Å². The van der Waals surface area contributed by atoms with Gasteiger partial charge in [0.05, 0.1) is 16.9 Å². The van der Waals surface area contributed by atoms with Crippen LogP contribution in [0.5, 0.6) is 0 Å². The van der Waals surface area contributed by atoms with E-state index in [1.165, 1.54) is 5.56 Å². The number of aromatic nitrogens is 6. The van der Waals surface area contributed by atoms with Gasteiger partial charge in [-0.1, -0.05) is 0 Å². The van der Waals surface area contributed by atoms with Gasteiger partial charge in [-0.15, -0.1) is 0 Å². The lowest BCUT2D eigenvalue weighted by Gasteiger charge is -2.34. The predicted octanol–water partition coefficient (Wildman–Crippen LogP) is 1.04. The summed E-state index contributed by atoms with van der Waals surface area (Å²) >= 11 is 3.37. The number of piperazine rings is 1. The molecule has 0 aliphatic carbocycles. The number of halogens is 1. The minimum absolute atomic E-state index is 0.0172. The second-order valence-electron chi connectivity index (χ2n) is 6.67. The molecule has 9 nitrogen and oxygen atoms in total. The molecule has 10 heteroatoms. The van der Waals surface area contributed by atoms with Gasteiger partial charge in [-0.2, -0.15) is 15.3 Å². The Morgan fingerprint density at radius 2 is 1.93 bits per heavy atom. The van der Waals surface area contributed by atoms with Gasteiger partial charge in [0.1, 0.15) is 12.4 Å². The zero-order valence-corrected chi connectivity index (χ0v) is 16.7. The third-order valence-corrected chi connectivity index (χ3v) is 4.98. The van der Waals surface area contributed by atoms with E-state index in [1.54, 1.807) is 21.6 Å². The summed E-state index contributed by atoms with van der Waals surface area (Å²) in [5.41, 5.74) is 1.67. The average molecular weight is 433 g/mol. The Labute approximate surface area is 165 Å². The van der Waals surface area contributed by atoms with E-state index in [0.717, 1.165) is 24.1 Å². The highest BCUT2D eigenvalue weighted by Crippen LogP contribution is 2.11. The quantitative estimate of drug-likeness (QED) is 0.601. The van der Waals surface area contributed by atoms with E-state index in [1.807, 2.05) is 41.4 Å². The van der Waals surface area contributed by atoms with Gasteiger partial charge >= 0.3 is 0 Å². The molecular weight excluding hydrogens is 412 g/mol. The minimum Gasteiger partial charge on any atom is -0.335 e. The molecule has 0 bridgehead atoms. The van der Waals surface area contributed by atoms with Crippen molar-refractivity contribution in [1.29, 1.82) is 0 Å². The molecule has 0 spiro atoms. The predicted molar refractivity (Wildman–Crippen MR) is 102 cm³/mol. The standard InChI is InChI=1S/C17H21BrN8O/c1-22-10-14(8-19-22)11-23-4-6-24(7-5-23)17(27)16-2-3-25(21-16)13-26-12-15(18)9-20-26/h2-3,8-10,12H,4-7,11,13H2,1H3. The number of hydrogen-bond donors (Lipinski definition) is 0. The average Bonchev–Trinajstić information content (AvgIpc) is 3.38. The van der Waals surface area contributed by atoms with E-state index < -0.39 is 0 Å². The summed E-state index contributed by atoms with van der Waals surface area (Å²) in [5, 5.41) is 12.8. The van der Waals surface area contributed by atoms with Crippen molar-refractivity contribution in [2.24, 2.45) is 7.05 Å². The summed E-state index contributed by atoms with van der Waals surface area (Å²) in [5.74, 6) is -0.0172. The van der Waals surface area contributed by atoms with Crippen LogP contribution in [0, 0.1) is 0 Å². The van der Waals surface area contributed by atoms with E-state index in [4.69, 9.17) is 0 Å². The van der Waals surface area contributed by atoms with Crippen molar-refractivity contribution < 1.29 is 4.79 Å². The molecule has 3 aromatic heterocycles. The van der Waals surface area contributed by atoms with Crippen molar-refractivity contribution in [2.75, 3.05) is 26.2 Å². The number of aryl methyl sites for hydroxylation is 1.